The van der Waals surface area contributed by atoms with Gasteiger partial charge in [-0.15, -0.1) is 10.2 Å². The van der Waals surface area contributed by atoms with Crippen LogP contribution in [-0.2, 0) is 12.0 Å². The van der Waals surface area contributed by atoms with Crippen molar-refractivity contribution in [1.29, 1.82) is 0 Å². The molecule has 0 spiro atoms. The molecule has 2 heterocycles. The van der Waals surface area contributed by atoms with Gasteiger partial charge in [0.15, 0.2) is 5.16 Å². The van der Waals surface area contributed by atoms with Crippen molar-refractivity contribution in [1.82, 2.24) is 14.8 Å². The van der Waals surface area contributed by atoms with Crippen LogP contribution in [0.3, 0.4) is 0 Å². The number of nitrogens with zero attached hydrogens (tertiary/aromatic N) is 3. The highest BCUT2D eigenvalue weighted by Crippen LogP contribution is 2.28. The summed E-state index contributed by atoms with van der Waals surface area (Å²) in [7, 11) is 0. The molecular weight excluding hydrogens is 210 g/mol. The van der Waals surface area contributed by atoms with Gasteiger partial charge in [-0.05, 0) is 0 Å². The molecule has 0 radical (unpaired) electrons. The van der Waals surface area contributed by atoms with Gasteiger partial charge in [0.25, 0.3) is 5.56 Å². The molecule has 1 aliphatic rings. The van der Waals surface area contributed by atoms with Crippen LogP contribution in [0.4, 0.5) is 0 Å². The maximum atomic E-state index is 12.1. The summed E-state index contributed by atoms with van der Waals surface area (Å²) in [6.07, 6.45) is 0. The highest BCUT2D eigenvalue weighted by molar-refractivity contribution is 7.99. The Balaban J connectivity index is 2.57. The lowest BCUT2D eigenvalue weighted by atomic mass is 9.93. The second-order valence-corrected chi connectivity index (χ2v) is 6.33. The zero-order valence-electron chi connectivity index (χ0n) is 9.44. The lowest BCUT2D eigenvalue weighted by molar-refractivity contribution is 0.499. The van der Waals surface area contributed by atoms with E-state index in [2.05, 4.69) is 17.1 Å². The van der Waals surface area contributed by atoms with Crippen LogP contribution in [0.2, 0.25) is 0 Å². The van der Waals surface area contributed by atoms with Crippen molar-refractivity contribution < 1.29 is 0 Å². The third kappa shape index (κ3) is 1.80. The molecule has 0 aromatic carbocycles. The normalized spacial score (nSPS) is 20.4. The Morgan fingerprint density at radius 3 is 2.67 bits per heavy atom. The maximum absolute atomic E-state index is 12.1. The summed E-state index contributed by atoms with van der Waals surface area (Å²) in [5.74, 6) is 0. The molecule has 5 heteroatoms. The van der Waals surface area contributed by atoms with Gasteiger partial charge in [0.2, 0.25) is 0 Å². The van der Waals surface area contributed by atoms with Crippen LogP contribution in [0.15, 0.2) is 9.95 Å². The van der Waals surface area contributed by atoms with Crippen molar-refractivity contribution in [2.75, 3.05) is 0 Å². The number of aromatic nitrogens is 3. The van der Waals surface area contributed by atoms with E-state index in [0.29, 0.717) is 10.9 Å². The first-order valence-corrected chi connectivity index (χ1v) is 5.92. The summed E-state index contributed by atoms with van der Waals surface area (Å²) in [5.41, 5.74) is 0.341. The summed E-state index contributed by atoms with van der Waals surface area (Å²) in [4.78, 5) is 12.1. The minimum absolute atomic E-state index is 0.0179. The molecule has 0 amide bonds. The van der Waals surface area contributed by atoms with Gasteiger partial charge in [-0.2, -0.15) is 0 Å². The van der Waals surface area contributed by atoms with Gasteiger partial charge < -0.3 is 0 Å². The first-order chi connectivity index (χ1) is 6.89. The maximum Gasteiger partial charge on any atom is 0.276 e. The molecule has 0 saturated carbocycles. The summed E-state index contributed by atoms with van der Waals surface area (Å²) in [5, 5.41) is 9.33. The second kappa shape index (κ2) is 3.33. The molecule has 1 atom stereocenters. The van der Waals surface area contributed by atoms with E-state index in [-0.39, 0.29) is 11.0 Å². The van der Waals surface area contributed by atoms with Gasteiger partial charge in [-0.25, -0.2) is 0 Å². The molecule has 1 unspecified atom stereocenters. The minimum Gasteiger partial charge on any atom is -0.283 e. The van der Waals surface area contributed by atoms with E-state index >= 15 is 0 Å². The number of hydrogen-bond donors (Lipinski definition) is 0. The minimum atomic E-state index is -0.234. The predicted molar refractivity (Wildman–Crippen MR) is 60.3 cm³/mol. The van der Waals surface area contributed by atoms with Crippen LogP contribution in [-0.4, -0.2) is 20.0 Å². The molecule has 0 fully saturated rings. The Morgan fingerprint density at radius 1 is 1.40 bits per heavy atom. The van der Waals surface area contributed by atoms with Gasteiger partial charge in [0.05, 0.1) is 0 Å². The lowest BCUT2D eigenvalue weighted by Crippen LogP contribution is -2.33. The average Bonchev–Trinajstić information content (AvgIpc) is 2.44. The Morgan fingerprint density at radius 2 is 2.07 bits per heavy atom. The van der Waals surface area contributed by atoms with Crippen LogP contribution >= 0.6 is 11.8 Å². The monoisotopic (exact) mass is 225 g/mol. The van der Waals surface area contributed by atoms with E-state index in [1.165, 1.54) is 0 Å². The summed E-state index contributed by atoms with van der Waals surface area (Å²) in [6, 6.07) is 0. The molecule has 0 saturated heterocycles. The quantitative estimate of drug-likeness (QED) is 0.670. The first-order valence-electron chi connectivity index (χ1n) is 5.04. The predicted octanol–water partition coefficient (Wildman–Crippen LogP) is 1.43. The molecule has 15 heavy (non-hydrogen) atoms. The molecule has 2 rings (SSSR count). The first kappa shape index (κ1) is 10.7. The van der Waals surface area contributed by atoms with Crippen LogP contribution in [0.5, 0.6) is 0 Å². The molecule has 1 aromatic rings. The fourth-order valence-electron chi connectivity index (χ4n) is 1.60. The second-order valence-electron chi connectivity index (χ2n) is 4.93. The summed E-state index contributed by atoms with van der Waals surface area (Å²) in [6.45, 7) is 8.79. The zero-order chi connectivity index (χ0) is 11.2. The van der Waals surface area contributed by atoms with Gasteiger partial charge in [-0.3, -0.25) is 9.36 Å². The molecule has 82 valence electrons. The molecule has 4 nitrogen and oxygen atoms in total. The van der Waals surface area contributed by atoms with E-state index in [0.717, 1.165) is 11.7 Å². The third-order valence-electron chi connectivity index (χ3n) is 2.37. The lowest BCUT2D eigenvalue weighted by Gasteiger charge is -2.16. The van der Waals surface area contributed by atoms with Crippen LogP contribution in [0.1, 0.15) is 33.4 Å². The number of hydrogen-bond acceptors (Lipinski definition) is 4. The average molecular weight is 225 g/mol. The van der Waals surface area contributed by atoms with Crippen molar-refractivity contribution in [3.63, 3.8) is 0 Å². The summed E-state index contributed by atoms with van der Waals surface area (Å²) < 4.78 is 1.74. The van der Waals surface area contributed by atoms with Crippen molar-refractivity contribution in [3.8, 4) is 0 Å². The van der Waals surface area contributed by atoms with Crippen molar-refractivity contribution in [2.45, 2.75) is 50.1 Å². The molecule has 1 aliphatic heterocycles. The largest absolute Gasteiger partial charge is 0.283 e. The van der Waals surface area contributed by atoms with Crippen molar-refractivity contribution in [3.05, 3.63) is 16.0 Å². The van der Waals surface area contributed by atoms with Crippen LogP contribution in [0.25, 0.3) is 0 Å². The summed E-state index contributed by atoms with van der Waals surface area (Å²) >= 11 is 1.61. The fourth-order valence-corrected chi connectivity index (χ4v) is 2.55. The van der Waals surface area contributed by atoms with Crippen LogP contribution in [0, 0.1) is 0 Å². The Hall–Kier alpha value is -0.840. The SMILES string of the molecule is CC1Cn2c(nnc(C(C)(C)C)c2=O)S1. The highest BCUT2D eigenvalue weighted by atomic mass is 32.2. The Labute approximate surface area is 93.1 Å². The smallest absolute Gasteiger partial charge is 0.276 e. The fraction of sp³-hybridized carbons (Fsp3) is 0.700. The van der Waals surface area contributed by atoms with E-state index in [9.17, 15) is 4.79 Å². The standard InChI is InChI=1S/C10H15N3OS/c1-6-5-13-8(14)7(10(2,3)4)11-12-9(13)15-6/h6H,5H2,1-4H3. The zero-order valence-corrected chi connectivity index (χ0v) is 10.3. The van der Waals surface area contributed by atoms with Crippen molar-refractivity contribution >= 4 is 11.8 Å². The Bertz CT molecular complexity index is 447. The Kier molecular flexibility index (Phi) is 2.37. The molecular formula is C10H15N3OS. The third-order valence-corrected chi connectivity index (χ3v) is 3.44. The number of fused-ring (bicyclic) bond motifs is 1. The molecule has 0 aliphatic carbocycles. The van der Waals surface area contributed by atoms with Crippen molar-refractivity contribution in [2.24, 2.45) is 0 Å². The van der Waals surface area contributed by atoms with E-state index < -0.39 is 0 Å². The van der Waals surface area contributed by atoms with Gasteiger partial charge in [0, 0.05) is 17.2 Å². The molecule has 0 N–H and O–H groups in total. The van der Waals surface area contributed by atoms with Gasteiger partial charge >= 0.3 is 0 Å². The highest BCUT2D eigenvalue weighted by Gasteiger charge is 2.27. The number of thioether (sulfide) groups is 1. The van der Waals surface area contributed by atoms with Crippen LogP contribution < -0.4 is 5.56 Å². The van der Waals surface area contributed by atoms with Gasteiger partial charge in [0.1, 0.15) is 5.69 Å². The van der Waals surface area contributed by atoms with E-state index in [4.69, 9.17) is 0 Å². The molecule has 0 bridgehead atoms. The topological polar surface area (TPSA) is 47.8 Å². The van der Waals surface area contributed by atoms with E-state index in [1.54, 1.807) is 16.3 Å². The van der Waals surface area contributed by atoms with E-state index in [1.807, 2.05) is 20.8 Å². The molecule has 1 aromatic heterocycles. The van der Waals surface area contributed by atoms with Gasteiger partial charge in [-0.1, -0.05) is 39.5 Å². The number of rotatable bonds is 0.